The predicted octanol–water partition coefficient (Wildman–Crippen LogP) is 2.29. The average molecular weight is 462 g/mol. The van der Waals surface area contributed by atoms with Crippen LogP contribution in [0.3, 0.4) is 0 Å². The molecule has 152 valence electrons. The van der Waals surface area contributed by atoms with E-state index in [0.717, 1.165) is 29.1 Å². The Morgan fingerprint density at radius 1 is 1.28 bits per heavy atom. The fourth-order valence-corrected chi connectivity index (χ4v) is 3.31. The van der Waals surface area contributed by atoms with Gasteiger partial charge >= 0.3 is 5.97 Å². The predicted molar refractivity (Wildman–Crippen MR) is 108 cm³/mol. The summed E-state index contributed by atoms with van der Waals surface area (Å²) in [7, 11) is 0. The number of amides is 1. The molecule has 1 aliphatic carbocycles. The number of Topliss-reactive ketones (excluding diaryl/α,β-unsaturated/α-hetero) is 1. The third-order valence-corrected chi connectivity index (χ3v) is 5.64. The molecule has 0 saturated heterocycles. The van der Waals surface area contributed by atoms with Gasteiger partial charge in [0.1, 0.15) is 5.56 Å². The van der Waals surface area contributed by atoms with Gasteiger partial charge in [-0.2, -0.15) is 0 Å². The molecule has 1 aromatic heterocycles. The van der Waals surface area contributed by atoms with Crippen LogP contribution in [-0.4, -0.2) is 39.3 Å². The van der Waals surface area contributed by atoms with Crippen LogP contribution in [0.1, 0.15) is 52.7 Å². The van der Waals surface area contributed by atoms with Crippen LogP contribution in [0, 0.1) is 5.92 Å². The van der Waals surface area contributed by atoms with E-state index in [4.69, 9.17) is 5.11 Å². The first-order valence-corrected chi connectivity index (χ1v) is 9.91. The SMILES string of the molecule is CC(CNC(=O)c1ncc(C(=O)CC2(c3ccc(Br)cc3)CC2)c(=O)[nH]1)C(=O)O. The van der Waals surface area contributed by atoms with E-state index < -0.39 is 23.4 Å². The molecule has 1 saturated carbocycles. The lowest BCUT2D eigenvalue weighted by Gasteiger charge is -2.15. The van der Waals surface area contributed by atoms with E-state index in [9.17, 15) is 19.2 Å². The van der Waals surface area contributed by atoms with Gasteiger partial charge in [0.25, 0.3) is 11.5 Å². The van der Waals surface area contributed by atoms with Crippen molar-refractivity contribution in [1.82, 2.24) is 15.3 Å². The Morgan fingerprint density at radius 2 is 1.93 bits per heavy atom. The summed E-state index contributed by atoms with van der Waals surface area (Å²) in [5.74, 6) is -3.13. The van der Waals surface area contributed by atoms with Gasteiger partial charge in [0, 0.05) is 29.1 Å². The zero-order valence-corrected chi connectivity index (χ0v) is 17.3. The van der Waals surface area contributed by atoms with E-state index in [1.165, 1.54) is 6.92 Å². The highest BCUT2D eigenvalue weighted by Crippen LogP contribution is 2.51. The maximum Gasteiger partial charge on any atom is 0.308 e. The van der Waals surface area contributed by atoms with Crippen LogP contribution < -0.4 is 10.9 Å². The lowest BCUT2D eigenvalue weighted by Crippen LogP contribution is -2.34. The molecule has 0 aliphatic heterocycles. The van der Waals surface area contributed by atoms with Gasteiger partial charge in [0.15, 0.2) is 11.6 Å². The van der Waals surface area contributed by atoms with Gasteiger partial charge in [-0.25, -0.2) is 4.98 Å². The molecule has 0 radical (unpaired) electrons. The first-order chi connectivity index (χ1) is 13.7. The van der Waals surface area contributed by atoms with E-state index in [-0.39, 0.29) is 35.6 Å². The van der Waals surface area contributed by atoms with E-state index in [0.29, 0.717) is 0 Å². The van der Waals surface area contributed by atoms with Crippen molar-refractivity contribution < 1.29 is 19.5 Å². The van der Waals surface area contributed by atoms with Crippen LogP contribution in [0.25, 0.3) is 0 Å². The summed E-state index contributed by atoms with van der Waals surface area (Å²) in [5.41, 5.74) is 0.0200. The number of carboxylic acids is 1. The molecule has 2 aromatic rings. The van der Waals surface area contributed by atoms with Gasteiger partial charge in [-0.05, 0) is 30.5 Å². The van der Waals surface area contributed by atoms with Gasteiger partial charge in [-0.15, -0.1) is 0 Å². The average Bonchev–Trinajstić information content (AvgIpc) is 3.46. The highest BCUT2D eigenvalue weighted by atomic mass is 79.9. The summed E-state index contributed by atoms with van der Waals surface area (Å²) in [4.78, 5) is 54.0. The number of hydrogen-bond acceptors (Lipinski definition) is 5. The number of hydrogen-bond donors (Lipinski definition) is 3. The topological polar surface area (TPSA) is 129 Å². The number of carboxylic acid groups (broad SMARTS) is 1. The quantitative estimate of drug-likeness (QED) is 0.517. The first kappa shape index (κ1) is 20.9. The summed E-state index contributed by atoms with van der Waals surface area (Å²) < 4.78 is 0.954. The van der Waals surface area contributed by atoms with Crippen LogP contribution in [-0.2, 0) is 10.2 Å². The van der Waals surface area contributed by atoms with Gasteiger partial charge in [0.2, 0.25) is 0 Å². The number of carbonyl (C=O) groups excluding carboxylic acids is 2. The molecular weight excluding hydrogens is 442 g/mol. The Balaban J connectivity index is 1.69. The third-order valence-electron chi connectivity index (χ3n) is 5.11. The lowest BCUT2D eigenvalue weighted by atomic mass is 9.89. The summed E-state index contributed by atoms with van der Waals surface area (Å²) in [6.07, 6.45) is 3.04. The molecule has 1 amide bonds. The number of carbonyl (C=O) groups is 3. The smallest absolute Gasteiger partial charge is 0.308 e. The van der Waals surface area contributed by atoms with Gasteiger partial charge in [0.05, 0.1) is 5.92 Å². The molecule has 0 bridgehead atoms. The fraction of sp³-hybridized carbons (Fsp3) is 0.350. The van der Waals surface area contributed by atoms with Crippen molar-refractivity contribution >= 4 is 33.6 Å². The number of aliphatic carboxylic acids is 1. The third kappa shape index (κ3) is 4.79. The summed E-state index contributed by atoms with van der Waals surface area (Å²) in [6, 6.07) is 7.79. The molecule has 8 nitrogen and oxygen atoms in total. The number of H-pyrrole nitrogens is 1. The van der Waals surface area contributed by atoms with Gasteiger partial charge in [-0.1, -0.05) is 35.0 Å². The largest absolute Gasteiger partial charge is 0.481 e. The summed E-state index contributed by atoms with van der Waals surface area (Å²) >= 11 is 3.39. The zero-order valence-electron chi connectivity index (χ0n) is 15.7. The Bertz CT molecular complexity index is 1010. The van der Waals surface area contributed by atoms with Crippen molar-refractivity contribution in [3.63, 3.8) is 0 Å². The molecule has 29 heavy (non-hydrogen) atoms. The van der Waals surface area contributed by atoms with Gasteiger partial charge < -0.3 is 15.4 Å². The van der Waals surface area contributed by atoms with E-state index >= 15 is 0 Å². The maximum absolute atomic E-state index is 12.7. The molecule has 9 heteroatoms. The molecule has 0 spiro atoms. The number of benzene rings is 1. The molecule has 1 aromatic carbocycles. The van der Waals surface area contributed by atoms with Crippen LogP contribution >= 0.6 is 15.9 Å². The van der Waals surface area contributed by atoms with E-state index in [1.54, 1.807) is 0 Å². The molecular formula is C20H20BrN3O5. The number of aromatic amines is 1. The first-order valence-electron chi connectivity index (χ1n) is 9.11. The molecule has 1 fully saturated rings. The second kappa shape index (κ2) is 8.28. The summed E-state index contributed by atoms with van der Waals surface area (Å²) in [6.45, 7) is 1.34. The van der Waals surface area contributed by atoms with E-state index in [2.05, 4.69) is 31.2 Å². The highest BCUT2D eigenvalue weighted by Gasteiger charge is 2.46. The van der Waals surface area contributed by atoms with Crippen molar-refractivity contribution in [3.8, 4) is 0 Å². The maximum atomic E-state index is 12.7. The molecule has 1 heterocycles. The minimum absolute atomic E-state index is 0.0937. The Morgan fingerprint density at radius 3 is 2.48 bits per heavy atom. The van der Waals surface area contributed by atoms with Gasteiger partial charge in [-0.3, -0.25) is 19.2 Å². The fourth-order valence-electron chi connectivity index (χ4n) is 3.05. The normalized spacial score (nSPS) is 15.4. The molecule has 3 N–H and O–H groups in total. The highest BCUT2D eigenvalue weighted by molar-refractivity contribution is 9.10. The standard InChI is InChI=1S/C20H20BrN3O5/c1-11(19(28)29)9-23-18(27)16-22-10-14(17(26)24-16)15(25)8-20(6-7-20)12-2-4-13(21)5-3-12/h2-5,10-11H,6-9H2,1H3,(H,23,27)(H,28,29)(H,22,24,26). The Hall–Kier alpha value is -2.81. The monoisotopic (exact) mass is 461 g/mol. The number of halogens is 1. The number of nitrogens with zero attached hydrogens (tertiary/aromatic N) is 1. The number of rotatable bonds is 8. The second-order valence-electron chi connectivity index (χ2n) is 7.31. The van der Waals surface area contributed by atoms with E-state index in [1.807, 2.05) is 24.3 Å². The molecule has 3 rings (SSSR count). The van der Waals surface area contributed by atoms with Crippen molar-refractivity contribution in [2.45, 2.75) is 31.6 Å². The lowest BCUT2D eigenvalue weighted by molar-refractivity contribution is -0.140. The Labute approximate surface area is 174 Å². The molecule has 1 atom stereocenters. The van der Waals surface area contributed by atoms with Crippen molar-refractivity contribution in [2.24, 2.45) is 5.92 Å². The number of aromatic nitrogens is 2. The molecule has 1 unspecified atom stereocenters. The summed E-state index contributed by atoms with van der Waals surface area (Å²) in [5, 5.41) is 11.2. The van der Waals surface area contributed by atoms with Crippen LogP contribution in [0.2, 0.25) is 0 Å². The van der Waals surface area contributed by atoms with Crippen LogP contribution in [0.4, 0.5) is 0 Å². The minimum Gasteiger partial charge on any atom is -0.481 e. The number of nitrogens with one attached hydrogen (secondary N) is 2. The van der Waals surface area contributed by atoms with Crippen LogP contribution in [0.15, 0.2) is 39.7 Å². The van der Waals surface area contributed by atoms with Crippen molar-refractivity contribution in [1.29, 1.82) is 0 Å². The van der Waals surface area contributed by atoms with Crippen molar-refractivity contribution in [2.75, 3.05) is 6.54 Å². The second-order valence-corrected chi connectivity index (χ2v) is 8.23. The van der Waals surface area contributed by atoms with Crippen LogP contribution in [0.5, 0.6) is 0 Å². The molecule has 1 aliphatic rings. The minimum atomic E-state index is -1.05. The zero-order chi connectivity index (χ0) is 21.2. The number of ketones is 1. The van der Waals surface area contributed by atoms with Crippen molar-refractivity contribution in [3.05, 3.63) is 62.2 Å². The Kier molecular flexibility index (Phi) is 5.97.